The third kappa shape index (κ3) is 61.6. The van der Waals surface area contributed by atoms with Crippen LogP contribution < -0.4 is 0 Å². The molecule has 0 aliphatic carbocycles. The van der Waals surface area contributed by atoms with E-state index in [-0.39, 0.29) is 25.2 Å². The number of esters is 2. The first-order valence-electron chi connectivity index (χ1n) is 32.1. The molecule has 0 amide bonds. The van der Waals surface area contributed by atoms with Crippen LogP contribution in [-0.4, -0.2) is 37.9 Å². The van der Waals surface area contributed by atoms with Gasteiger partial charge < -0.3 is 14.2 Å². The summed E-state index contributed by atoms with van der Waals surface area (Å²) in [6, 6.07) is 0. The fourth-order valence-electron chi connectivity index (χ4n) is 9.16. The van der Waals surface area contributed by atoms with Gasteiger partial charge in [-0.2, -0.15) is 0 Å². The van der Waals surface area contributed by atoms with E-state index in [1.54, 1.807) is 0 Å². The average Bonchev–Trinajstić information content (AvgIpc) is 3.40. The molecule has 0 aliphatic rings. The minimum absolute atomic E-state index is 0.0718. The van der Waals surface area contributed by atoms with E-state index in [4.69, 9.17) is 14.2 Å². The van der Waals surface area contributed by atoms with Gasteiger partial charge in [-0.3, -0.25) is 9.59 Å². The summed E-state index contributed by atoms with van der Waals surface area (Å²) in [5.74, 6) is -0.416. The summed E-state index contributed by atoms with van der Waals surface area (Å²) in [7, 11) is 0. The lowest BCUT2D eigenvalue weighted by molar-refractivity contribution is -0.163. The van der Waals surface area contributed by atoms with Gasteiger partial charge in [-0.05, 0) is 96.3 Å². The van der Waals surface area contributed by atoms with E-state index in [2.05, 4.69) is 106 Å². The second-order valence-corrected chi connectivity index (χ2v) is 21.3. The Balaban J connectivity index is 4.32. The molecule has 0 N–H and O–H groups in total. The van der Waals surface area contributed by atoms with Gasteiger partial charge in [0.05, 0.1) is 6.61 Å². The Labute approximate surface area is 460 Å². The molecule has 74 heavy (non-hydrogen) atoms. The number of rotatable bonds is 59. The van der Waals surface area contributed by atoms with Crippen molar-refractivity contribution in [3.8, 4) is 0 Å². The lowest BCUT2D eigenvalue weighted by Gasteiger charge is -2.18. The number of hydrogen-bond donors (Lipinski definition) is 0. The zero-order chi connectivity index (χ0) is 53.4. The first-order valence-corrected chi connectivity index (χ1v) is 32.1. The van der Waals surface area contributed by atoms with Crippen LogP contribution in [0.2, 0.25) is 0 Å². The lowest BCUT2D eigenvalue weighted by atomic mass is 10.0. The van der Waals surface area contributed by atoms with Crippen LogP contribution in [0.5, 0.6) is 0 Å². The van der Waals surface area contributed by atoms with Crippen molar-refractivity contribution in [2.24, 2.45) is 0 Å². The Hall–Kier alpha value is -2.92. The van der Waals surface area contributed by atoms with Gasteiger partial charge in [-0.15, -0.1) is 0 Å². The topological polar surface area (TPSA) is 61.8 Å². The maximum Gasteiger partial charge on any atom is 0.306 e. The molecule has 0 fully saturated rings. The second-order valence-electron chi connectivity index (χ2n) is 21.3. The van der Waals surface area contributed by atoms with Crippen LogP contribution in [0.25, 0.3) is 0 Å². The molecule has 0 aromatic carbocycles. The molecule has 1 unspecified atom stereocenters. The number of carbonyl (C=O) groups is 2. The summed E-state index contributed by atoms with van der Waals surface area (Å²) in [6.45, 7) is 7.71. The highest BCUT2D eigenvalue weighted by atomic mass is 16.6. The fraction of sp³-hybridized carbons (Fsp3) is 0.768. The van der Waals surface area contributed by atoms with Crippen molar-refractivity contribution in [3.05, 3.63) is 85.1 Å². The molecule has 428 valence electrons. The molecule has 0 spiro atoms. The normalized spacial score (nSPS) is 12.7. The van der Waals surface area contributed by atoms with E-state index >= 15 is 0 Å². The number of hydrogen-bond acceptors (Lipinski definition) is 5. The summed E-state index contributed by atoms with van der Waals surface area (Å²) < 4.78 is 17.5. The fourth-order valence-corrected chi connectivity index (χ4v) is 9.16. The number of carbonyl (C=O) groups excluding carboxylic acids is 2. The number of ether oxygens (including phenoxy) is 3. The summed E-state index contributed by atoms with van der Waals surface area (Å²) in [6.07, 6.45) is 86.2. The van der Waals surface area contributed by atoms with Gasteiger partial charge in [-0.1, -0.05) is 292 Å². The molecule has 5 heteroatoms. The van der Waals surface area contributed by atoms with Crippen molar-refractivity contribution in [2.45, 2.75) is 322 Å². The summed E-state index contributed by atoms with van der Waals surface area (Å²) >= 11 is 0. The van der Waals surface area contributed by atoms with Gasteiger partial charge in [0.15, 0.2) is 6.10 Å². The SMILES string of the molecule is CC/C=C\C/C=C\C/C=C\C/C=C\CCCCCCCCC(=O)OCC(COCCCCCCCCCCCCCCCCCCCCCC)OC(=O)CCCCCCCC/C=C\C/C=C\C/C=C\CCCCC. The van der Waals surface area contributed by atoms with E-state index < -0.39 is 6.10 Å². The molecule has 5 nitrogen and oxygen atoms in total. The summed E-state index contributed by atoms with van der Waals surface area (Å²) in [5.41, 5.74) is 0. The molecular formula is C69H122O5. The standard InChI is InChI=1S/C69H122O5/c1-4-7-10-13-16-19-22-25-28-31-34-37-40-43-46-49-52-55-58-61-64-72-65-67(74-69(71)63-60-57-54-51-48-45-42-39-36-33-30-27-24-21-18-15-12-9-6-3)66-73-68(70)62-59-56-53-50-47-44-41-38-35-32-29-26-23-20-17-14-11-8-5-2/h8,11,17-18,20-21,26-27,29-30,35-36,38-39,67H,4-7,9-10,12-16,19,22-25,28,31-34,37,40-66H2,1-3H3/b11-8-,20-17-,21-18-,29-26-,30-27-,38-35-,39-36-. The third-order valence-corrected chi connectivity index (χ3v) is 13.9. The highest BCUT2D eigenvalue weighted by Crippen LogP contribution is 2.16. The van der Waals surface area contributed by atoms with Crippen molar-refractivity contribution >= 4 is 11.9 Å². The molecule has 0 heterocycles. The molecule has 0 aromatic heterocycles. The first-order chi connectivity index (χ1) is 36.6. The zero-order valence-electron chi connectivity index (χ0n) is 49.3. The lowest BCUT2D eigenvalue weighted by Crippen LogP contribution is -2.30. The first kappa shape index (κ1) is 71.1. The second kappa shape index (κ2) is 64.4. The van der Waals surface area contributed by atoms with E-state index in [1.165, 1.54) is 180 Å². The molecule has 0 aromatic rings. The highest BCUT2D eigenvalue weighted by Gasteiger charge is 2.17. The van der Waals surface area contributed by atoms with Gasteiger partial charge in [0.25, 0.3) is 0 Å². The minimum Gasteiger partial charge on any atom is -0.462 e. The molecule has 0 bridgehead atoms. The van der Waals surface area contributed by atoms with Crippen LogP contribution in [0.1, 0.15) is 316 Å². The smallest absolute Gasteiger partial charge is 0.306 e. The Morgan fingerprint density at radius 3 is 1.00 bits per heavy atom. The molecule has 0 rings (SSSR count). The number of unbranched alkanes of at least 4 members (excludes halogenated alkanes) is 34. The predicted molar refractivity (Wildman–Crippen MR) is 325 cm³/mol. The molecule has 0 saturated heterocycles. The highest BCUT2D eigenvalue weighted by molar-refractivity contribution is 5.70. The van der Waals surface area contributed by atoms with Gasteiger partial charge in [0.1, 0.15) is 6.61 Å². The third-order valence-electron chi connectivity index (χ3n) is 13.9. The van der Waals surface area contributed by atoms with E-state index in [1.807, 2.05) is 0 Å². The summed E-state index contributed by atoms with van der Waals surface area (Å²) in [5, 5.41) is 0. The van der Waals surface area contributed by atoms with Crippen molar-refractivity contribution < 1.29 is 23.8 Å². The largest absolute Gasteiger partial charge is 0.462 e. The van der Waals surface area contributed by atoms with Crippen molar-refractivity contribution in [1.82, 2.24) is 0 Å². The average molecular weight is 1030 g/mol. The molecule has 0 aliphatic heterocycles. The van der Waals surface area contributed by atoms with Crippen LogP contribution in [0, 0.1) is 0 Å². The van der Waals surface area contributed by atoms with E-state index in [9.17, 15) is 9.59 Å². The van der Waals surface area contributed by atoms with Crippen LogP contribution in [-0.2, 0) is 23.8 Å². The minimum atomic E-state index is -0.553. The van der Waals surface area contributed by atoms with Gasteiger partial charge in [0, 0.05) is 19.4 Å². The monoisotopic (exact) mass is 1030 g/mol. The van der Waals surface area contributed by atoms with Gasteiger partial charge in [0.2, 0.25) is 0 Å². The van der Waals surface area contributed by atoms with Crippen LogP contribution in [0.3, 0.4) is 0 Å². The molecule has 0 radical (unpaired) electrons. The van der Waals surface area contributed by atoms with Gasteiger partial charge in [-0.25, -0.2) is 0 Å². The van der Waals surface area contributed by atoms with Crippen LogP contribution in [0.15, 0.2) is 85.1 Å². The molecule has 1 atom stereocenters. The Kier molecular flexibility index (Phi) is 61.8. The zero-order valence-corrected chi connectivity index (χ0v) is 49.3. The maximum absolute atomic E-state index is 12.9. The molecule has 0 saturated carbocycles. The Bertz CT molecular complexity index is 1350. The van der Waals surface area contributed by atoms with Crippen molar-refractivity contribution in [3.63, 3.8) is 0 Å². The van der Waals surface area contributed by atoms with Crippen molar-refractivity contribution in [1.29, 1.82) is 0 Å². The van der Waals surface area contributed by atoms with Crippen LogP contribution in [0.4, 0.5) is 0 Å². The van der Waals surface area contributed by atoms with Crippen LogP contribution >= 0.6 is 0 Å². The molecular weight excluding hydrogens is 909 g/mol. The quantitative estimate of drug-likeness (QED) is 0.0345. The number of allylic oxidation sites excluding steroid dienone is 14. The predicted octanol–water partition coefficient (Wildman–Crippen LogP) is 22.4. The maximum atomic E-state index is 12.9. The van der Waals surface area contributed by atoms with E-state index in [0.717, 1.165) is 103 Å². The van der Waals surface area contributed by atoms with E-state index in [0.29, 0.717) is 19.4 Å². The van der Waals surface area contributed by atoms with Gasteiger partial charge >= 0.3 is 11.9 Å². The summed E-state index contributed by atoms with van der Waals surface area (Å²) in [4.78, 5) is 25.6. The Morgan fingerprint density at radius 2 is 0.608 bits per heavy atom. The van der Waals surface area contributed by atoms with Crippen molar-refractivity contribution in [2.75, 3.05) is 19.8 Å². The Morgan fingerprint density at radius 1 is 0.311 bits per heavy atom.